The van der Waals surface area contributed by atoms with E-state index in [0.29, 0.717) is 18.2 Å². The van der Waals surface area contributed by atoms with Gasteiger partial charge in [-0.1, -0.05) is 34.6 Å². The van der Waals surface area contributed by atoms with E-state index in [4.69, 9.17) is 0 Å². The summed E-state index contributed by atoms with van der Waals surface area (Å²) in [5.74, 6) is 0.286. The van der Waals surface area contributed by atoms with Gasteiger partial charge in [0, 0.05) is 23.7 Å². The number of hydrogen-bond acceptors (Lipinski definition) is 3. The van der Waals surface area contributed by atoms with Crippen LogP contribution >= 0.6 is 0 Å². The van der Waals surface area contributed by atoms with Crippen molar-refractivity contribution < 1.29 is 4.79 Å². The molecule has 0 bridgehead atoms. The first kappa shape index (κ1) is 15.5. The lowest BCUT2D eigenvalue weighted by atomic mass is 9.93. The molecule has 0 atom stereocenters. The Morgan fingerprint density at radius 2 is 2.00 bits per heavy atom. The molecule has 2 rings (SSSR count). The van der Waals surface area contributed by atoms with Gasteiger partial charge in [-0.25, -0.2) is 9.50 Å². The van der Waals surface area contributed by atoms with E-state index < -0.39 is 0 Å². The van der Waals surface area contributed by atoms with E-state index in [1.54, 1.807) is 10.6 Å². The van der Waals surface area contributed by atoms with Crippen LogP contribution in [0.3, 0.4) is 0 Å². The fourth-order valence-corrected chi connectivity index (χ4v) is 2.00. The van der Waals surface area contributed by atoms with Crippen LogP contribution in [-0.4, -0.2) is 27.0 Å². The summed E-state index contributed by atoms with van der Waals surface area (Å²) in [5, 5.41) is 7.48. The van der Waals surface area contributed by atoms with Crippen molar-refractivity contribution >= 4 is 11.6 Å². The van der Waals surface area contributed by atoms with E-state index in [9.17, 15) is 4.79 Å². The minimum absolute atomic E-state index is 0.0415. The molecule has 1 N–H and O–H groups in total. The number of aryl methyl sites for hydroxylation is 1. The first-order valence-electron chi connectivity index (χ1n) is 7.34. The maximum Gasteiger partial charge on any atom is 0.270 e. The Balaban J connectivity index is 2.38. The molecule has 2 aromatic rings. The Morgan fingerprint density at radius 3 is 2.57 bits per heavy atom. The Kier molecular flexibility index (Phi) is 4.03. The minimum atomic E-state index is -0.132. The molecule has 0 aliphatic rings. The first-order chi connectivity index (χ1) is 9.68. The highest BCUT2D eigenvalue weighted by molar-refractivity contribution is 5.92. The number of nitrogens with zero attached hydrogens (tertiary/aromatic N) is 3. The molecule has 0 saturated carbocycles. The average Bonchev–Trinajstić information content (AvgIpc) is 2.80. The molecule has 21 heavy (non-hydrogen) atoms. The Labute approximate surface area is 125 Å². The van der Waals surface area contributed by atoms with Crippen molar-refractivity contribution in [2.24, 2.45) is 5.92 Å². The highest BCUT2D eigenvalue weighted by Crippen LogP contribution is 2.22. The van der Waals surface area contributed by atoms with Gasteiger partial charge in [-0.3, -0.25) is 4.79 Å². The molecule has 114 valence electrons. The molecule has 0 spiro atoms. The van der Waals surface area contributed by atoms with Gasteiger partial charge in [-0.05, 0) is 18.9 Å². The van der Waals surface area contributed by atoms with Gasteiger partial charge in [0.15, 0.2) is 5.65 Å². The average molecular weight is 288 g/mol. The van der Waals surface area contributed by atoms with Crippen LogP contribution in [0.2, 0.25) is 0 Å². The van der Waals surface area contributed by atoms with Gasteiger partial charge < -0.3 is 5.32 Å². The number of aromatic nitrogens is 3. The summed E-state index contributed by atoms with van der Waals surface area (Å²) in [4.78, 5) is 16.6. The minimum Gasteiger partial charge on any atom is -0.350 e. The molecule has 5 nitrogen and oxygen atoms in total. The Morgan fingerprint density at radius 1 is 1.33 bits per heavy atom. The summed E-state index contributed by atoms with van der Waals surface area (Å²) in [6.45, 7) is 13.1. The van der Waals surface area contributed by atoms with Crippen molar-refractivity contribution in [2.75, 3.05) is 6.54 Å². The third-order valence-electron chi connectivity index (χ3n) is 3.28. The molecule has 0 saturated heterocycles. The lowest BCUT2D eigenvalue weighted by Crippen LogP contribution is -2.28. The fourth-order valence-electron chi connectivity index (χ4n) is 2.00. The van der Waals surface area contributed by atoms with E-state index in [2.05, 4.69) is 50.0 Å². The largest absolute Gasteiger partial charge is 0.350 e. The summed E-state index contributed by atoms with van der Waals surface area (Å²) in [6.07, 6.45) is 0. The molecule has 5 heteroatoms. The number of amides is 1. The quantitative estimate of drug-likeness (QED) is 0.944. The monoisotopic (exact) mass is 288 g/mol. The normalized spacial score (nSPS) is 12.1. The molecular formula is C16H24N4O. The number of carbonyl (C=O) groups excluding carboxylic acids is 1. The number of hydrogen-bond donors (Lipinski definition) is 1. The maximum atomic E-state index is 12.1. The third-order valence-corrected chi connectivity index (χ3v) is 3.28. The van der Waals surface area contributed by atoms with Gasteiger partial charge >= 0.3 is 0 Å². The van der Waals surface area contributed by atoms with Crippen molar-refractivity contribution in [1.82, 2.24) is 19.9 Å². The predicted octanol–water partition coefficient (Wildman–Crippen LogP) is 2.72. The molecule has 0 radical (unpaired) electrons. The van der Waals surface area contributed by atoms with E-state index in [-0.39, 0.29) is 11.3 Å². The third kappa shape index (κ3) is 3.40. The van der Waals surface area contributed by atoms with Gasteiger partial charge in [0.1, 0.15) is 5.69 Å². The second kappa shape index (κ2) is 5.47. The zero-order valence-electron chi connectivity index (χ0n) is 13.7. The van der Waals surface area contributed by atoms with Crippen molar-refractivity contribution in [3.63, 3.8) is 0 Å². The fraction of sp³-hybridized carbons (Fsp3) is 0.562. The number of carbonyl (C=O) groups is 1. The smallest absolute Gasteiger partial charge is 0.270 e. The van der Waals surface area contributed by atoms with Gasteiger partial charge in [0.05, 0.1) is 5.69 Å². The molecule has 2 aromatic heterocycles. The standard InChI is InChI=1S/C16H24N4O/c1-10(2)9-17-15(21)12-7-11(3)20-14(18-12)8-13(19-20)16(4,5)6/h7-8,10H,9H2,1-6H3,(H,17,21). The van der Waals surface area contributed by atoms with Crippen LogP contribution in [0.5, 0.6) is 0 Å². The molecule has 0 unspecified atom stereocenters. The van der Waals surface area contributed by atoms with Crippen LogP contribution in [0.15, 0.2) is 12.1 Å². The summed E-state index contributed by atoms with van der Waals surface area (Å²) in [7, 11) is 0. The second-order valence-electron chi connectivity index (χ2n) is 6.94. The van der Waals surface area contributed by atoms with Gasteiger partial charge in [-0.2, -0.15) is 5.10 Å². The SMILES string of the molecule is Cc1cc(C(=O)NCC(C)C)nc2cc(C(C)(C)C)nn12. The molecular weight excluding hydrogens is 264 g/mol. The van der Waals surface area contributed by atoms with Crippen molar-refractivity contribution in [3.8, 4) is 0 Å². The van der Waals surface area contributed by atoms with Gasteiger partial charge in [-0.15, -0.1) is 0 Å². The molecule has 0 aromatic carbocycles. The Hall–Kier alpha value is -1.91. The maximum absolute atomic E-state index is 12.1. The summed E-state index contributed by atoms with van der Waals surface area (Å²) < 4.78 is 1.79. The Bertz CT molecular complexity index is 665. The lowest BCUT2D eigenvalue weighted by molar-refractivity contribution is 0.0944. The van der Waals surface area contributed by atoms with E-state index >= 15 is 0 Å². The zero-order chi connectivity index (χ0) is 15.8. The molecule has 0 aliphatic carbocycles. The molecule has 0 aliphatic heterocycles. The number of rotatable bonds is 3. The van der Waals surface area contributed by atoms with Crippen LogP contribution in [0.1, 0.15) is 56.5 Å². The predicted molar refractivity (Wildman–Crippen MR) is 83.6 cm³/mol. The lowest BCUT2D eigenvalue weighted by Gasteiger charge is -2.13. The number of fused-ring (bicyclic) bond motifs is 1. The van der Waals surface area contributed by atoms with Crippen LogP contribution < -0.4 is 5.32 Å². The van der Waals surface area contributed by atoms with Crippen LogP contribution in [0.25, 0.3) is 5.65 Å². The van der Waals surface area contributed by atoms with Gasteiger partial charge in [0.2, 0.25) is 0 Å². The van der Waals surface area contributed by atoms with Crippen molar-refractivity contribution in [2.45, 2.75) is 47.0 Å². The molecule has 1 amide bonds. The van der Waals surface area contributed by atoms with Crippen molar-refractivity contribution in [3.05, 3.63) is 29.2 Å². The first-order valence-corrected chi connectivity index (χ1v) is 7.34. The van der Waals surface area contributed by atoms with Crippen LogP contribution in [-0.2, 0) is 5.41 Å². The summed E-state index contributed by atoms with van der Waals surface area (Å²) >= 11 is 0. The topological polar surface area (TPSA) is 59.3 Å². The van der Waals surface area contributed by atoms with E-state index in [1.165, 1.54) is 0 Å². The second-order valence-corrected chi connectivity index (χ2v) is 6.94. The number of nitrogens with one attached hydrogen (secondary N) is 1. The molecule has 0 fully saturated rings. The molecule has 2 heterocycles. The summed E-state index contributed by atoms with van der Waals surface area (Å²) in [5.41, 5.74) is 3.00. The van der Waals surface area contributed by atoms with Crippen LogP contribution in [0, 0.1) is 12.8 Å². The van der Waals surface area contributed by atoms with Crippen molar-refractivity contribution in [1.29, 1.82) is 0 Å². The van der Waals surface area contributed by atoms with Gasteiger partial charge in [0.25, 0.3) is 5.91 Å². The highest BCUT2D eigenvalue weighted by atomic mass is 16.1. The van der Waals surface area contributed by atoms with E-state index in [0.717, 1.165) is 17.0 Å². The zero-order valence-corrected chi connectivity index (χ0v) is 13.7. The highest BCUT2D eigenvalue weighted by Gasteiger charge is 2.20. The van der Waals surface area contributed by atoms with Crippen LogP contribution in [0.4, 0.5) is 0 Å². The van der Waals surface area contributed by atoms with E-state index in [1.807, 2.05) is 13.0 Å². The summed E-state index contributed by atoms with van der Waals surface area (Å²) in [6, 6.07) is 3.73.